The minimum atomic E-state index is -3.13. The van der Waals surface area contributed by atoms with Crippen LogP contribution < -0.4 is 4.72 Å². The molecule has 0 saturated carbocycles. The van der Waals surface area contributed by atoms with Crippen molar-refractivity contribution >= 4 is 26.0 Å². The lowest BCUT2D eigenvalue weighted by molar-refractivity contribution is 0.199. The van der Waals surface area contributed by atoms with Crippen LogP contribution in [0.15, 0.2) is 0 Å². The van der Waals surface area contributed by atoms with E-state index in [0.717, 1.165) is 12.8 Å². The Hall–Kier alpha value is 0.350. The van der Waals surface area contributed by atoms with Crippen LogP contribution in [0.1, 0.15) is 26.2 Å². The van der Waals surface area contributed by atoms with Crippen LogP contribution in [0.3, 0.4) is 0 Å². The molecule has 4 nitrogen and oxygen atoms in total. The first kappa shape index (κ1) is 15.3. The molecule has 0 amide bonds. The highest BCUT2D eigenvalue weighted by atomic mass is 79.9. The molecule has 0 aromatic carbocycles. The number of alkyl halides is 1. The Labute approximate surface area is 101 Å². The standard InChI is InChI=1S/C9H20BrNO3S/c1-3-5-9(10)8-11-15(12,13)7-4-6-14-2/h9,11H,3-8H2,1-2H3. The van der Waals surface area contributed by atoms with Gasteiger partial charge in [0.25, 0.3) is 0 Å². The number of hydrogen-bond acceptors (Lipinski definition) is 3. The highest BCUT2D eigenvalue weighted by molar-refractivity contribution is 9.09. The Balaban J connectivity index is 3.73. The fourth-order valence-corrected chi connectivity index (χ4v) is 3.03. The molecule has 6 heteroatoms. The van der Waals surface area contributed by atoms with Crippen molar-refractivity contribution in [2.75, 3.05) is 26.0 Å². The molecule has 0 aromatic heterocycles. The number of hydrogen-bond donors (Lipinski definition) is 1. The largest absolute Gasteiger partial charge is 0.385 e. The minimum absolute atomic E-state index is 0.132. The molecule has 0 heterocycles. The van der Waals surface area contributed by atoms with Crippen molar-refractivity contribution < 1.29 is 13.2 Å². The van der Waals surface area contributed by atoms with E-state index in [0.29, 0.717) is 19.6 Å². The van der Waals surface area contributed by atoms with Gasteiger partial charge in [0.05, 0.1) is 5.75 Å². The van der Waals surface area contributed by atoms with Gasteiger partial charge in [0.2, 0.25) is 10.0 Å². The van der Waals surface area contributed by atoms with Gasteiger partial charge in [0, 0.05) is 25.1 Å². The van der Waals surface area contributed by atoms with Crippen LogP contribution in [0, 0.1) is 0 Å². The summed E-state index contributed by atoms with van der Waals surface area (Å²) in [5.74, 6) is 0.132. The first-order chi connectivity index (χ1) is 7.02. The second kappa shape index (κ2) is 8.50. The lowest BCUT2D eigenvalue weighted by Crippen LogP contribution is -2.31. The minimum Gasteiger partial charge on any atom is -0.385 e. The summed E-state index contributed by atoms with van der Waals surface area (Å²) in [5, 5.41) is 0. The fourth-order valence-electron chi connectivity index (χ4n) is 1.10. The molecule has 0 aromatic rings. The molecule has 1 unspecified atom stereocenters. The highest BCUT2D eigenvalue weighted by Crippen LogP contribution is 2.06. The topological polar surface area (TPSA) is 55.4 Å². The van der Waals surface area contributed by atoms with Crippen LogP contribution in [0.25, 0.3) is 0 Å². The van der Waals surface area contributed by atoms with E-state index in [1.165, 1.54) is 0 Å². The lowest BCUT2D eigenvalue weighted by atomic mass is 10.2. The van der Waals surface area contributed by atoms with Gasteiger partial charge < -0.3 is 4.74 Å². The molecule has 0 aliphatic carbocycles. The highest BCUT2D eigenvalue weighted by Gasteiger charge is 2.11. The van der Waals surface area contributed by atoms with E-state index in [4.69, 9.17) is 4.74 Å². The van der Waals surface area contributed by atoms with Crippen LogP contribution in [0.2, 0.25) is 0 Å². The van der Waals surface area contributed by atoms with Gasteiger partial charge in [0.15, 0.2) is 0 Å². The van der Waals surface area contributed by atoms with Crippen molar-refractivity contribution in [2.45, 2.75) is 31.0 Å². The van der Waals surface area contributed by atoms with E-state index in [2.05, 4.69) is 27.6 Å². The number of methoxy groups -OCH3 is 1. The van der Waals surface area contributed by atoms with E-state index in [9.17, 15) is 8.42 Å². The van der Waals surface area contributed by atoms with Gasteiger partial charge in [-0.1, -0.05) is 29.3 Å². The number of nitrogens with one attached hydrogen (secondary N) is 1. The van der Waals surface area contributed by atoms with Gasteiger partial charge in [-0.05, 0) is 12.8 Å². The zero-order chi connectivity index (χ0) is 11.7. The maximum Gasteiger partial charge on any atom is 0.211 e. The Kier molecular flexibility index (Phi) is 8.69. The third kappa shape index (κ3) is 9.29. The first-order valence-corrected chi connectivity index (χ1v) is 7.69. The zero-order valence-corrected chi connectivity index (χ0v) is 11.7. The second-order valence-electron chi connectivity index (χ2n) is 3.40. The summed E-state index contributed by atoms with van der Waals surface area (Å²) in [5.41, 5.74) is 0. The van der Waals surface area contributed by atoms with E-state index in [1.54, 1.807) is 7.11 Å². The van der Waals surface area contributed by atoms with Crippen molar-refractivity contribution in [2.24, 2.45) is 0 Å². The SMILES string of the molecule is CCCC(Br)CNS(=O)(=O)CCCOC. The molecule has 0 bridgehead atoms. The summed E-state index contributed by atoms with van der Waals surface area (Å²) in [6.07, 6.45) is 2.55. The second-order valence-corrected chi connectivity index (χ2v) is 6.62. The third-order valence-electron chi connectivity index (χ3n) is 1.89. The third-order valence-corrected chi connectivity index (χ3v) is 4.10. The Morgan fingerprint density at radius 1 is 1.47 bits per heavy atom. The van der Waals surface area contributed by atoms with Gasteiger partial charge >= 0.3 is 0 Å². The molecule has 92 valence electrons. The monoisotopic (exact) mass is 301 g/mol. The van der Waals surface area contributed by atoms with Crippen LogP contribution in [-0.2, 0) is 14.8 Å². The first-order valence-electron chi connectivity index (χ1n) is 5.12. The van der Waals surface area contributed by atoms with Crippen LogP contribution in [0.4, 0.5) is 0 Å². The zero-order valence-electron chi connectivity index (χ0n) is 9.33. The summed E-state index contributed by atoms with van der Waals surface area (Å²) in [6, 6.07) is 0. The summed E-state index contributed by atoms with van der Waals surface area (Å²) in [4.78, 5) is 0.222. The molecule has 1 atom stereocenters. The average Bonchev–Trinajstić information content (AvgIpc) is 2.16. The molecule has 0 fully saturated rings. The van der Waals surface area contributed by atoms with Crippen LogP contribution in [0.5, 0.6) is 0 Å². The average molecular weight is 302 g/mol. The molecule has 0 saturated heterocycles. The van der Waals surface area contributed by atoms with Gasteiger partial charge in [-0.25, -0.2) is 13.1 Å². The predicted molar refractivity (Wildman–Crippen MR) is 65.9 cm³/mol. The molecule has 0 aliphatic heterocycles. The van der Waals surface area contributed by atoms with E-state index in [1.807, 2.05) is 0 Å². The smallest absolute Gasteiger partial charge is 0.211 e. The number of ether oxygens (including phenoxy) is 1. The van der Waals surface area contributed by atoms with E-state index >= 15 is 0 Å². The Bertz CT molecular complexity index is 244. The maximum absolute atomic E-state index is 11.4. The summed E-state index contributed by atoms with van der Waals surface area (Å²) < 4.78 is 30.2. The van der Waals surface area contributed by atoms with Crippen molar-refractivity contribution in [3.05, 3.63) is 0 Å². The number of halogens is 1. The number of rotatable bonds is 9. The summed E-state index contributed by atoms with van der Waals surface area (Å²) in [7, 11) is -1.56. The Morgan fingerprint density at radius 2 is 2.13 bits per heavy atom. The fraction of sp³-hybridized carbons (Fsp3) is 1.00. The van der Waals surface area contributed by atoms with Gasteiger partial charge in [-0.2, -0.15) is 0 Å². The van der Waals surface area contributed by atoms with Crippen LogP contribution in [-0.4, -0.2) is 39.3 Å². The molecular weight excluding hydrogens is 282 g/mol. The number of sulfonamides is 1. The van der Waals surface area contributed by atoms with Crippen molar-refractivity contribution in [3.63, 3.8) is 0 Å². The van der Waals surface area contributed by atoms with Gasteiger partial charge in [0.1, 0.15) is 0 Å². The predicted octanol–water partition coefficient (Wildman–Crippen LogP) is 1.51. The van der Waals surface area contributed by atoms with Gasteiger partial charge in [-0.3, -0.25) is 0 Å². The summed E-state index contributed by atoms with van der Waals surface area (Å²) >= 11 is 3.42. The molecule has 0 spiro atoms. The lowest BCUT2D eigenvalue weighted by Gasteiger charge is -2.10. The van der Waals surface area contributed by atoms with Crippen molar-refractivity contribution in [1.82, 2.24) is 4.72 Å². The maximum atomic E-state index is 11.4. The van der Waals surface area contributed by atoms with Crippen molar-refractivity contribution in [3.8, 4) is 0 Å². The molecular formula is C9H20BrNO3S. The normalized spacial score (nSPS) is 14.1. The van der Waals surface area contributed by atoms with Gasteiger partial charge in [-0.15, -0.1) is 0 Å². The van der Waals surface area contributed by atoms with E-state index < -0.39 is 10.0 Å². The molecule has 0 aliphatic rings. The summed E-state index contributed by atoms with van der Waals surface area (Å²) in [6.45, 7) is 3.01. The molecule has 0 radical (unpaired) electrons. The molecule has 15 heavy (non-hydrogen) atoms. The van der Waals surface area contributed by atoms with Crippen molar-refractivity contribution in [1.29, 1.82) is 0 Å². The molecule has 0 rings (SSSR count). The Morgan fingerprint density at radius 3 is 2.67 bits per heavy atom. The molecule has 1 N–H and O–H groups in total. The van der Waals surface area contributed by atoms with E-state index in [-0.39, 0.29) is 10.6 Å². The quantitative estimate of drug-likeness (QED) is 0.519. The van der Waals surface area contributed by atoms with Crippen LogP contribution >= 0.6 is 15.9 Å².